The second-order valence-electron chi connectivity index (χ2n) is 3.17. The Morgan fingerprint density at radius 1 is 1.44 bits per heavy atom. The van der Waals surface area contributed by atoms with Crippen molar-refractivity contribution in [3.8, 4) is 11.5 Å². The van der Waals surface area contributed by atoms with E-state index in [1.807, 2.05) is 0 Å². The van der Waals surface area contributed by atoms with Gasteiger partial charge >= 0.3 is 6.18 Å². The number of halogens is 3. The van der Waals surface area contributed by atoms with E-state index in [0.29, 0.717) is 12.4 Å². The predicted octanol–water partition coefficient (Wildman–Crippen LogP) is 2.35. The van der Waals surface area contributed by atoms with E-state index in [1.54, 1.807) is 6.92 Å². The first-order chi connectivity index (χ1) is 7.36. The molecule has 0 aliphatic heterocycles. The van der Waals surface area contributed by atoms with Crippen molar-refractivity contribution in [1.29, 1.82) is 0 Å². The van der Waals surface area contributed by atoms with E-state index in [1.165, 1.54) is 6.07 Å². The molecule has 1 aromatic carbocycles. The highest BCUT2D eigenvalue weighted by Gasteiger charge is 2.39. The number of benzene rings is 1. The van der Waals surface area contributed by atoms with Gasteiger partial charge in [0.05, 0.1) is 6.61 Å². The van der Waals surface area contributed by atoms with Crippen LogP contribution in [0.15, 0.2) is 18.2 Å². The first-order valence-electron chi connectivity index (χ1n) is 4.64. The highest BCUT2D eigenvalue weighted by molar-refractivity contribution is 5.41. The molecule has 0 fully saturated rings. The molecule has 90 valence electrons. The number of ether oxygens (including phenoxy) is 1. The van der Waals surface area contributed by atoms with Crippen LogP contribution in [-0.2, 0) is 0 Å². The first-order valence-corrected chi connectivity index (χ1v) is 4.64. The van der Waals surface area contributed by atoms with Crippen LogP contribution in [0.3, 0.4) is 0 Å². The maximum atomic E-state index is 12.3. The minimum absolute atomic E-state index is 0.304. The molecular weight excluding hydrogens is 223 g/mol. The minimum Gasteiger partial charge on any atom is -0.507 e. The zero-order chi connectivity index (χ0) is 12.3. The molecule has 0 saturated carbocycles. The lowest BCUT2D eigenvalue weighted by Gasteiger charge is -2.17. The third-order valence-electron chi connectivity index (χ3n) is 2.00. The molecule has 1 aromatic rings. The summed E-state index contributed by atoms with van der Waals surface area (Å²) in [7, 11) is 0. The third-order valence-corrected chi connectivity index (χ3v) is 2.00. The van der Waals surface area contributed by atoms with Gasteiger partial charge in [-0.1, -0.05) is 0 Å². The summed E-state index contributed by atoms with van der Waals surface area (Å²) in [6.07, 6.45) is -4.58. The molecule has 0 radical (unpaired) electrons. The minimum atomic E-state index is -4.58. The molecule has 1 rings (SSSR count). The van der Waals surface area contributed by atoms with Gasteiger partial charge in [0.15, 0.2) is 0 Å². The van der Waals surface area contributed by atoms with Crippen LogP contribution >= 0.6 is 0 Å². The SMILES string of the molecule is CCOc1ccc([C@H](N)C(F)(F)F)c(O)c1. The molecule has 0 amide bonds. The number of aromatic hydroxyl groups is 1. The van der Waals surface area contributed by atoms with Crippen LogP contribution in [0.1, 0.15) is 18.5 Å². The predicted molar refractivity (Wildman–Crippen MR) is 52.3 cm³/mol. The van der Waals surface area contributed by atoms with Gasteiger partial charge < -0.3 is 15.6 Å². The maximum Gasteiger partial charge on any atom is 0.407 e. The summed E-state index contributed by atoms with van der Waals surface area (Å²) in [6, 6.07) is 1.37. The molecule has 0 aromatic heterocycles. The van der Waals surface area contributed by atoms with Crippen LogP contribution in [0.4, 0.5) is 13.2 Å². The average Bonchev–Trinajstić information content (AvgIpc) is 2.16. The summed E-state index contributed by atoms with van der Waals surface area (Å²) < 4.78 is 41.9. The van der Waals surface area contributed by atoms with Crippen LogP contribution in [0.2, 0.25) is 0 Å². The van der Waals surface area contributed by atoms with E-state index < -0.39 is 18.0 Å². The van der Waals surface area contributed by atoms with Gasteiger partial charge in [-0.15, -0.1) is 0 Å². The second-order valence-corrected chi connectivity index (χ2v) is 3.17. The van der Waals surface area contributed by atoms with Crippen LogP contribution < -0.4 is 10.5 Å². The van der Waals surface area contributed by atoms with Crippen molar-refractivity contribution in [2.24, 2.45) is 5.73 Å². The van der Waals surface area contributed by atoms with Crippen LogP contribution in [0, 0.1) is 0 Å². The smallest absolute Gasteiger partial charge is 0.407 e. The molecule has 0 spiro atoms. The molecule has 0 saturated heterocycles. The van der Waals surface area contributed by atoms with Crippen molar-refractivity contribution in [3.05, 3.63) is 23.8 Å². The summed E-state index contributed by atoms with van der Waals surface area (Å²) in [4.78, 5) is 0. The van der Waals surface area contributed by atoms with Crippen molar-refractivity contribution >= 4 is 0 Å². The summed E-state index contributed by atoms with van der Waals surface area (Å²) >= 11 is 0. The summed E-state index contributed by atoms with van der Waals surface area (Å²) in [5, 5.41) is 9.39. The van der Waals surface area contributed by atoms with E-state index in [2.05, 4.69) is 0 Å². The highest BCUT2D eigenvalue weighted by Crippen LogP contribution is 2.36. The monoisotopic (exact) mass is 235 g/mol. The number of alkyl halides is 3. The molecule has 0 heterocycles. The molecule has 16 heavy (non-hydrogen) atoms. The Labute approximate surface area is 90.6 Å². The highest BCUT2D eigenvalue weighted by atomic mass is 19.4. The van der Waals surface area contributed by atoms with E-state index >= 15 is 0 Å². The number of rotatable bonds is 3. The number of hydrogen-bond acceptors (Lipinski definition) is 3. The molecule has 0 aliphatic rings. The van der Waals surface area contributed by atoms with Gasteiger partial charge in [-0.05, 0) is 19.1 Å². The van der Waals surface area contributed by atoms with E-state index in [4.69, 9.17) is 10.5 Å². The lowest BCUT2D eigenvalue weighted by Crippen LogP contribution is -2.28. The van der Waals surface area contributed by atoms with Crippen molar-refractivity contribution in [3.63, 3.8) is 0 Å². The molecule has 6 heteroatoms. The Morgan fingerprint density at radius 2 is 2.06 bits per heavy atom. The fourth-order valence-electron chi connectivity index (χ4n) is 1.22. The Bertz CT molecular complexity index is 366. The Balaban J connectivity index is 2.99. The van der Waals surface area contributed by atoms with Crippen LogP contribution in [0.5, 0.6) is 11.5 Å². The lowest BCUT2D eigenvalue weighted by molar-refractivity contribution is -0.149. The topological polar surface area (TPSA) is 55.5 Å². The van der Waals surface area contributed by atoms with Gasteiger partial charge in [0.25, 0.3) is 0 Å². The molecule has 3 N–H and O–H groups in total. The summed E-state index contributed by atoms with van der Waals surface area (Å²) in [5.41, 5.74) is 4.61. The van der Waals surface area contributed by atoms with Crippen LogP contribution in [-0.4, -0.2) is 17.9 Å². The Kier molecular flexibility index (Phi) is 3.64. The number of phenols is 1. The largest absolute Gasteiger partial charge is 0.507 e. The van der Waals surface area contributed by atoms with E-state index in [0.717, 1.165) is 12.1 Å². The molecule has 3 nitrogen and oxygen atoms in total. The normalized spacial score (nSPS) is 13.6. The molecular formula is C10H12F3NO2. The van der Waals surface area contributed by atoms with Crippen molar-refractivity contribution in [2.75, 3.05) is 6.61 Å². The number of hydrogen-bond donors (Lipinski definition) is 2. The van der Waals surface area contributed by atoms with Gasteiger partial charge in [0, 0.05) is 11.6 Å². The van der Waals surface area contributed by atoms with Gasteiger partial charge in [0.2, 0.25) is 0 Å². The lowest BCUT2D eigenvalue weighted by atomic mass is 10.1. The molecule has 0 unspecified atom stereocenters. The standard InChI is InChI=1S/C10H12F3NO2/c1-2-16-6-3-4-7(8(15)5-6)9(14)10(11,12)13/h3-5,9,15H,2,14H2,1H3/t9-/m0/s1. The van der Waals surface area contributed by atoms with E-state index in [-0.39, 0.29) is 5.56 Å². The fourth-order valence-corrected chi connectivity index (χ4v) is 1.22. The molecule has 0 aliphatic carbocycles. The van der Waals surface area contributed by atoms with Gasteiger partial charge in [-0.3, -0.25) is 0 Å². The molecule has 0 bridgehead atoms. The van der Waals surface area contributed by atoms with Crippen molar-refractivity contribution in [2.45, 2.75) is 19.1 Å². The van der Waals surface area contributed by atoms with Gasteiger partial charge in [0.1, 0.15) is 17.5 Å². The Hall–Kier alpha value is -1.43. The average molecular weight is 235 g/mol. The Morgan fingerprint density at radius 3 is 2.50 bits per heavy atom. The zero-order valence-electron chi connectivity index (χ0n) is 8.58. The van der Waals surface area contributed by atoms with Gasteiger partial charge in [-0.25, -0.2) is 0 Å². The third kappa shape index (κ3) is 2.79. The molecule has 1 atom stereocenters. The van der Waals surface area contributed by atoms with Crippen LogP contribution in [0.25, 0.3) is 0 Å². The summed E-state index contributed by atoms with van der Waals surface area (Å²) in [5.74, 6) is -0.214. The number of nitrogens with two attached hydrogens (primary N) is 1. The quantitative estimate of drug-likeness (QED) is 0.845. The maximum absolute atomic E-state index is 12.3. The second kappa shape index (κ2) is 4.61. The van der Waals surface area contributed by atoms with E-state index in [9.17, 15) is 18.3 Å². The van der Waals surface area contributed by atoms with Crippen molar-refractivity contribution < 1.29 is 23.0 Å². The summed E-state index contributed by atoms with van der Waals surface area (Å²) in [6.45, 7) is 2.09. The number of phenolic OH excluding ortho intramolecular Hbond substituents is 1. The fraction of sp³-hybridized carbons (Fsp3) is 0.400. The van der Waals surface area contributed by atoms with Crippen molar-refractivity contribution in [1.82, 2.24) is 0 Å². The van der Waals surface area contributed by atoms with Gasteiger partial charge in [-0.2, -0.15) is 13.2 Å². The first kappa shape index (κ1) is 12.6. The zero-order valence-corrected chi connectivity index (χ0v) is 8.58.